The van der Waals surface area contributed by atoms with E-state index in [0.29, 0.717) is 6.42 Å². The molecule has 9 heavy (non-hydrogen) atoms. The molecule has 0 unspecified atom stereocenters. The van der Waals surface area contributed by atoms with Gasteiger partial charge in [0.15, 0.2) is 0 Å². The highest BCUT2D eigenvalue weighted by atomic mass is 16.4. The van der Waals surface area contributed by atoms with E-state index in [1.54, 1.807) is 0 Å². The molecule has 0 radical (unpaired) electrons. The number of hydrogen-bond acceptors (Lipinski definition) is 1. The maximum atomic E-state index is 9.60. The molecule has 0 aromatic rings. The van der Waals surface area contributed by atoms with Crippen molar-refractivity contribution in [1.29, 1.82) is 0 Å². The molecule has 0 aromatic carbocycles. The lowest BCUT2D eigenvalue weighted by Gasteiger charge is -1.79. The Bertz CT molecular complexity index is 59.9. The van der Waals surface area contributed by atoms with Crippen molar-refractivity contribution in [2.24, 2.45) is 0 Å². The van der Waals surface area contributed by atoms with Crippen LogP contribution in [-0.4, -0.2) is 11.1 Å². The minimum atomic E-state index is -0.711. The van der Waals surface area contributed by atoms with Gasteiger partial charge in [-0.25, -0.2) is 0 Å². The molecule has 0 amide bonds. The second-order valence-electron chi connectivity index (χ2n) is 1.85. The van der Waals surface area contributed by atoms with E-state index < -0.39 is 5.97 Å². The topological polar surface area (TPSA) is 37.3 Å². The lowest BCUT2D eigenvalue weighted by Crippen LogP contribution is -1.90. The second kappa shape index (κ2) is 10.5. The highest BCUT2D eigenvalue weighted by Crippen LogP contribution is 1.82. The summed E-state index contributed by atoms with van der Waals surface area (Å²) in [6, 6.07) is 0. The van der Waals surface area contributed by atoms with Gasteiger partial charge in [-0.15, -0.1) is 0 Å². The Morgan fingerprint density at radius 1 is 1.33 bits per heavy atom. The summed E-state index contributed by atoms with van der Waals surface area (Å²) < 4.78 is 0. The third-order valence-corrected chi connectivity index (χ3v) is 0.464. The molecule has 0 saturated carbocycles. The predicted molar refractivity (Wildman–Crippen MR) is 38.5 cm³/mol. The highest BCUT2D eigenvalue weighted by Gasteiger charge is 1.87. The highest BCUT2D eigenvalue weighted by molar-refractivity contribution is 5.66. The lowest BCUT2D eigenvalue weighted by atomic mass is 10.4. The summed E-state index contributed by atoms with van der Waals surface area (Å²) in [5.74, 6) is -0.711. The molecule has 0 aromatic heterocycles. The summed E-state index contributed by atoms with van der Waals surface area (Å²) in [5, 5.41) is 7.91. The van der Waals surface area contributed by atoms with Crippen LogP contribution < -0.4 is 0 Å². The lowest BCUT2D eigenvalue weighted by molar-refractivity contribution is -0.137. The summed E-state index contributed by atoms with van der Waals surface area (Å²) in [6.45, 7) is 6.09. The molecule has 0 rings (SSSR count). The van der Waals surface area contributed by atoms with E-state index in [1.165, 1.54) is 6.42 Å². The van der Waals surface area contributed by atoms with Gasteiger partial charge in [0.1, 0.15) is 0 Å². The van der Waals surface area contributed by atoms with Gasteiger partial charge in [0.2, 0.25) is 0 Å². The Morgan fingerprint density at radius 3 is 1.67 bits per heavy atom. The SMILES string of the molecule is CCC.CCCC(=O)O. The van der Waals surface area contributed by atoms with Crippen molar-refractivity contribution in [2.45, 2.75) is 40.0 Å². The first-order valence-electron chi connectivity index (χ1n) is 3.40. The van der Waals surface area contributed by atoms with Gasteiger partial charge in [-0.3, -0.25) is 4.79 Å². The van der Waals surface area contributed by atoms with Crippen molar-refractivity contribution >= 4 is 5.97 Å². The molecule has 0 fully saturated rings. The zero-order chi connectivity index (χ0) is 7.70. The Labute approximate surface area is 56.9 Å². The summed E-state index contributed by atoms with van der Waals surface area (Å²) in [5.41, 5.74) is 0. The normalized spacial score (nSPS) is 7.44. The molecule has 0 spiro atoms. The Hall–Kier alpha value is -0.530. The number of carbonyl (C=O) groups is 1. The molecule has 0 heterocycles. The van der Waals surface area contributed by atoms with E-state index in [-0.39, 0.29) is 0 Å². The average molecular weight is 132 g/mol. The molecule has 0 aliphatic heterocycles. The van der Waals surface area contributed by atoms with Gasteiger partial charge in [0.05, 0.1) is 0 Å². The van der Waals surface area contributed by atoms with Crippen LogP contribution in [0, 0.1) is 0 Å². The third kappa shape index (κ3) is 36.6. The molecule has 2 nitrogen and oxygen atoms in total. The van der Waals surface area contributed by atoms with E-state index in [1.807, 2.05) is 6.92 Å². The fourth-order valence-corrected chi connectivity index (χ4v) is 0.214. The summed E-state index contributed by atoms with van der Waals surface area (Å²) >= 11 is 0. The van der Waals surface area contributed by atoms with Crippen LogP contribution in [0.4, 0.5) is 0 Å². The predicted octanol–water partition coefficient (Wildman–Crippen LogP) is 2.29. The Kier molecular flexibility index (Phi) is 13.1. The van der Waals surface area contributed by atoms with Gasteiger partial charge >= 0.3 is 5.97 Å². The van der Waals surface area contributed by atoms with Crippen molar-refractivity contribution in [3.05, 3.63) is 0 Å². The molecule has 1 N–H and O–H groups in total. The number of carboxylic acid groups (broad SMARTS) is 1. The van der Waals surface area contributed by atoms with Gasteiger partial charge < -0.3 is 5.11 Å². The van der Waals surface area contributed by atoms with Crippen LogP contribution in [0.3, 0.4) is 0 Å². The third-order valence-electron chi connectivity index (χ3n) is 0.464. The largest absolute Gasteiger partial charge is 0.481 e. The van der Waals surface area contributed by atoms with Crippen LogP contribution in [-0.2, 0) is 4.79 Å². The van der Waals surface area contributed by atoms with Gasteiger partial charge in [-0.2, -0.15) is 0 Å². The van der Waals surface area contributed by atoms with Crippen LogP contribution in [0.5, 0.6) is 0 Å². The van der Waals surface area contributed by atoms with Gasteiger partial charge in [0.25, 0.3) is 0 Å². The first kappa shape index (κ1) is 11.3. The molecule has 0 saturated heterocycles. The maximum absolute atomic E-state index is 9.60. The van der Waals surface area contributed by atoms with Crippen molar-refractivity contribution in [2.75, 3.05) is 0 Å². The first-order valence-corrected chi connectivity index (χ1v) is 3.40. The van der Waals surface area contributed by atoms with Gasteiger partial charge in [-0.05, 0) is 6.42 Å². The molecule has 56 valence electrons. The number of rotatable bonds is 2. The van der Waals surface area contributed by atoms with Crippen molar-refractivity contribution in [3.63, 3.8) is 0 Å². The minimum absolute atomic E-state index is 0.292. The minimum Gasteiger partial charge on any atom is -0.481 e. The van der Waals surface area contributed by atoms with Crippen LogP contribution >= 0.6 is 0 Å². The molecule has 2 heteroatoms. The number of hydrogen-bond donors (Lipinski definition) is 1. The fourth-order valence-electron chi connectivity index (χ4n) is 0.214. The zero-order valence-corrected chi connectivity index (χ0v) is 6.48. The average Bonchev–Trinajstić information content (AvgIpc) is 1.67. The quantitative estimate of drug-likeness (QED) is 0.625. The second-order valence-corrected chi connectivity index (χ2v) is 1.85. The standard InChI is InChI=1S/C4H8O2.C3H8/c1-2-3-4(5)6;1-3-2/h2-3H2,1H3,(H,5,6);3H2,1-2H3. The fraction of sp³-hybridized carbons (Fsp3) is 0.857. The van der Waals surface area contributed by atoms with E-state index in [2.05, 4.69) is 13.8 Å². The monoisotopic (exact) mass is 132 g/mol. The van der Waals surface area contributed by atoms with Gasteiger partial charge in [0, 0.05) is 6.42 Å². The van der Waals surface area contributed by atoms with Gasteiger partial charge in [-0.1, -0.05) is 27.2 Å². The molecule has 0 atom stereocenters. The number of aliphatic carboxylic acids is 1. The van der Waals surface area contributed by atoms with Crippen molar-refractivity contribution < 1.29 is 9.90 Å². The smallest absolute Gasteiger partial charge is 0.303 e. The molecule has 0 aliphatic rings. The molecular weight excluding hydrogens is 116 g/mol. The van der Waals surface area contributed by atoms with E-state index in [9.17, 15) is 4.79 Å². The zero-order valence-electron chi connectivity index (χ0n) is 6.48. The summed E-state index contributed by atoms with van der Waals surface area (Å²) in [7, 11) is 0. The first-order chi connectivity index (χ1) is 4.18. The maximum Gasteiger partial charge on any atom is 0.303 e. The molecule has 0 aliphatic carbocycles. The van der Waals surface area contributed by atoms with E-state index >= 15 is 0 Å². The van der Waals surface area contributed by atoms with Crippen LogP contribution in [0.1, 0.15) is 40.0 Å². The molecular formula is C7H16O2. The van der Waals surface area contributed by atoms with E-state index in [4.69, 9.17) is 5.11 Å². The molecule has 0 bridgehead atoms. The van der Waals surface area contributed by atoms with Crippen LogP contribution in [0.15, 0.2) is 0 Å². The summed E-state index contributed by atoms with van der Waals surface area (Å²) in [6.07, 6.45) is 2.27. The van der Waals surface area contributed by atoms with Crippen molar-refractivity contribution in [1.82, 2.24) is 0 Å². The van der Waals surface area contributed by atoms with Crippen LogP contribution in [0.2, 0.25) is 0 Å². The van der Waals surface area contributed by atoms with Crippen LogP contribution in [0.25, 0.3) is 0 Å². The van der Waals surface area contributed by atoms with Crippen molar-refractivity contribution in [3.8, 4) is 0 Å². The van der Waals surface area contributed by atoms with E-state index in [0.717, 1.165) is 6.42 Å². The number of carboxylic acids is 1. The summed E-state index contributed by atoms with van der Waals surface area (Å²) in [4.78, 5) is 9.60. The Morgan fingerprint density at radius 2 is 1.67 bits per heavy atom. The Balaban J connectivity index is 0.